The summed E-state index contributed by atoms with van der Waals surface area (Å²) in [4.78, 5) is 19.8. The van der Waals surface area contributed by atoms with Crippen molar-refractivity contribution < 1.29 is 9.21 Å². The van der Waals surface area contributed by atoms with Crippen LogP contribution in [-0.4, -0.2) is 41.5 Å². The maximum Gasteiger partial charge on any atom is 0.259 e. The van der Waals surface area contributed by atoms with Gasteiger partial charge in [0.15, 0.2) is 5.65 Å². The lowest BCUT2D eigenvalue weighted by molar-refractivity contribution is 0.102. The number of nitrogens with zero attached hydrogens (tertiary/aromatic N) is 3. The summed E-state index contributed by atoms with van der Waals surface area (Å²) in [6, 6.07) is 7.55. The molecule has 3 aromatic heterocycles. The van der Waals surface area contributed by atoms with Crippen molar-refractivity contribution in [1.29, 1.82) is 0 Å². The van der Waals surface area contributed by atoms with E-state index in [0.717, 1.165) is 48.7 Å². The average Bonchev–Trinajstić information content (AvgIpc) is 3.29. The molecule has 0 bridgehead atoms. The summed E-state index contributed by atoms with van der Waals surface area (Å²) >= 11 is 6.35. The van der Waals surface area contributed by atoms with E-state index in [1.165, 1.54) is 0 Å². The lowest BCUT2D eigenvalue weighted by atomic mass is 10.1. The molecule has 30 heavy (non-hydrogen) atoms. The van der Waals surface area contributed by atoms with Crippen LogP contribution in [0.3, 0.4) is 0 Å². The molecule has 1 aliphatic rings. The van der Waals surface area contributed by atoms with Crippen molar-refractivity contribution in [2.24, 2.45) is 0 Å². The molecule has 0 spiro atoms. The van der Waals surface area contributed by atoms with Crippen LogP contribution in [0, 0.1) is 13.8 Å². The molecular weight excluding hydrogens is 402 g/mol. The highest BCUT2D eigenvalue weighted by Gasteiger charge is 2.21. The summed E-state index contributed by atoms with van der Waals surface area (Å²) in [7, 11) is 0. The number of benzene rings is 1. The van der Waals surface area contributed by atoms with Gasteiger partial charge in [-0.15, -0.1) is 0 Å². The second-order valence-electron chi connectivity index (χ2n) is 7.61. The van der Waals surface area contributed by atoms with Gasteiger partial charge >= 0.3 is 0 Å². The van der Waals surface area contributed by atoms with Crippen LogP contribution < -0.4 is 15.5 Å². The zero-order chi connectivity index (χ0) is 20.8. The second kappa shape index (κ2) is 7.34. The molecule has 0 atom stereocenters. The molecule has 0 aliphatic carbocycles. The van der Waals surface area contributed by atoms with Gasteiger partial charge < -0.3 is 24.4 Å². The van der Waals surface area contributed by atoms with Gasteiger partial charge in [-0.2, -0.15) is 0 Å². The van der Waals surface area contributed by atoms with Crippen molar-refractivity contribution in [2.45, 2.75) is 13.8 Å². The molecule has 2 N–H and O–H groups in total. The number of nitrogens with one attached hydrogen (secondary N) is 2. The lowest BCUT2D eigenvalue weighted by Crippen LogP contribution is -2.43. The van der Waals surface area contributed by atoms with E-state index in [1.807, 2.05) is 42.6 Å². The number of hydrogen-bond donors (Lipinski definition) is 2. The maximum atomic E-state index is 13.1. The predicted octanol–water partition coefficient (Wildman–Crippen LogP) is 4.01. The van der Waals surface area contributed by atoms with Crippen LogP contribution in [-0.2, 0) is 0 Å². The van der Waals surface area contributed by atoms with Crippen LogP contribution in [0.2, 0.25) is 5.02 Å². The Balaban J connectivity index is 1.51. The molecule has 8 heteroatoms. The third kappa shape index (κ3) is 3.30. The normalized spacial score (nSPS) is 14.6. The van der Waals surface area contributed by atoms with Crippen molar-refractivity contribution in [1.82, 2.24) is 14.7 Å². The molecule has 1 aromatic carbocycles. The summed E-state index contributed by atoms with van der Waals surface area (Å²) in [5.74, 6) is 0.536. The first kappa shape index (κ1) is 19.0. The molecule has 5 rings (SSSR count). The predicted molar refractivity (Wildman–Crippen MR) is 119 cm³/mol. The maximum absolute atomic E-state index is 13.1. The van der Waals surface area contributed by atoms with Crippen molar-refractivity contribution >= 4 is 45.5 Å². The Hall–Kier alpha value is -3.03. The number of carbonyl (C=O) groups excluding carboxylic acids is 1. The monoisotopic (exact) mass is 423 g/mol. The van der Waals surface area contributed by atoms with Crippen molar-refractivity contribution in [2.75, 3.05) is 36.4 Å². The third-order valence-corrected chi connectivity index (χ3v) is 5.65. The Morgan fingerprint density at radius 1 is 1.20 bits per heavy atom. The van der Waals surface area contributed by atoms with E-state index >= 15 is 0 Å². The average molecular weight is 424 g/mol. The van der Waals surface area contributed by atoms with Gasteiger partial charge in [-0.1, -0.05) is 11.6 Å². The number of amides is 1. The number of hydrogen-bond acceptors (Lipinski definition) is 5. The minimum absolute atomic E-state index is 0.242. The first-order valence-electron chi connectivity index (χ1n) is 9.94. The van der Waals surface area contributed by atoms with E-state index in [4.69, 9.17) is 16.0 Å². The Labute approximate surface area is 178 Å². The summed E-state index contributed by atoms with van der Waals surface area (Å²) in [6.45, 7) is 7.53. The van der Waals surface area contributed by atoms with Crippen molar-refractivity contribution in [3.8, 4) is 0 Å². The van der Waals surface area contributed by atoms with Crippen LogP contribution >= 0.6 is 11.6 Å². The number of fused-ring (bicyclic) bond motifs is 2. The quantitative estimate of drug-likeness (QED) is 0.520. The minimum atomic E-state index is -0.242. The Kier molecular flexibility index (Phi) is 4.64. The number of carbonyl (C=O) groups is 1. The summed E-state index contributed by atoms with van der Waals surface area (Å²) in [5.41, 5.74) is 4.31. The van der Waals surface area contributed by atoms with E-state index in [0.29, 0.717) is 27.5 Å². The molecule has 4 heterocycles. The first-order chi connectivity index (χ1) is 14.5. The van der Waals surface area contributed by atoms with E-state index in [9.17, 15) is 4.79 Å². The van der Waals surface area contributed by atoms with Gasteiger partial charge in [-0.3, -0.25) is 4.79 Å². The van der Waals surface area contributed by atoms with E-state index in [2.05, 4.69) is 20.5 Å². The molecule has 0 radical (unpaired) electrons. The fourth-order valence-corrected chi connectivity index (χ4v) is 4.30. The second-order valence-corrected chi connectivity index (χ2v) is 8.02. The van der Waals surface area contributed by atoms with Gasteiger partial charge in [-0.25, -0.2) is 4.98 Å². The Bertz CT molecular complexity index is 1270. The van der Waals surface area contributed by atoms with Gasteiger partial charge in [0.25, 0.3) is 5.91 Å². The smallest absolute Gasteiger partial charge is 0.259 e. The summed E-state index contributed by atoms with van der Waals surface area (Å²) in [5, 5.41) is 7.75. The number of pyridine rings is 1. The molecule has 7 nitrogen and oxygen atoms in total. The van der Waals surface area contributed by atoms with Gasteiger partial charge in [0.1, 0.15) is 11.3 Å². The van der Waals surface area contributed by atoms with Gasteiger partial charge in [0.05, 0.1) is 22.0 Å². The number of halogens is 1. The molecular formula is C22H22ClN5O2. The van der Waals surface area contributed by atoms with Gasteiger partial charge in [0.2, 0.25) is 0 Å². The molecule has 1 fully saturated rings. The minimum Gasteiger partial charge on any atom is -0.460 e. The summed E-state index contributed by atoms with van der Waals surface area (Å²) < 4.78 is 7.76. The number of rotatable bonds is 3. The molecule has 1 amide bonds. The third-order valence-electron chi connectivity index (χ3n) is 5.37. The zero-order valence-electron chi connectivity index (χ0n) is 16.8. The topological polar surface area (TPSA) is 74.8 Å². The Morgan fingerprint density at radius 3 is 2.80 bits per heavy atom. The highest BCUT2D eigenvalue weighted by molar-refractivity contribution is 6.33. The largest absolute Gasteiger partial charge is 0.460 e. The molecule has 1 aliphatic heterocycles. The zero-order valence-corrected chi connectivity index (χ0v) is 17.6. The van der Waals surface area contributed by atoms with Crippen LogP contribution in [0.5, 0.6) is 0 Å². The highest BCUT2D eigenvalue weighted by Crippen LogP contribution is 2.33. The van der Waals surface area contributed by atoms with E-state index in [1.54, 1.807) is 12.3 Å². The molecule has 154 valence electrons. The molecule has 0 saturated carbocycles. The highest BCUT2D eigenvalue weighted by atomic mass is 35.5. The molecule has 4 aromatic rings. The molecule has 0 unspecified atom stereocenters. The van der Waals surface area contributed by atoms with Gasteiger partial charge in [0, 0.05) is 49.6 Å². The van der Waals surface area contributed by atoms with Crippen LogP contribution in [0.25, 0.3) is 16.6 Å². The SMILES string of the molecule is Cc1cn2cc(NC(=O)c3ccc(N4CCNCC4)c4cc(C)oc34)cc(Cl)c2n1. The number of piperazine rings is 1. The summed E-state index contributed by atoms with van der Waals surface area (Å²) in [6.07, 6.45) is 3.67. The number of aromatic nitrogens is 2. The van der Waals surface area contributed by atoms with Crippen LogP contribution in [0.1, 0.15) is 21.8 Å². The lowest BCUT2D eigenvalue weighted by Gasteiger charge is -2.30. The number of anilines is 2. The number of aryl methyl sites for hydroxylation is 2. The number of imidazole rings is 1. The van der Waals surface area contributed by atoms with Crippen molar-refractivity contribution in [3.63, 3.8) is 0 Å². The first-order valence-corrected chi connectivity index (χ1v) is 10.3. The fourth-order valence-electron chi connectivity index (χ4n) is 4.04. The van der Waals surface area contributed by atoms with Crippen LogP contribution in [0.4, 0.5) is 11.4 Å². The standard InChI is InChI=1S/C22H22ClN5O2/c1-13-11-28-12-15(10-18(23)21(28)25-13)26-22(29)16-3-4-19(27-7-5-24-6-8-27)17-9-14(2)30-20(16)17/h3-4,9-12,24H,5-8H2,1-2H3,(H,26,29). The van der Waals surface area contributed by atoms with E-state index < -0.39 is 0 Å². The van der Waals surface area contributed by atoms with Crippen molar-refractivity contribution in [3.05, 3.63) is 58.7 Å². The van der Waals surface area contributed by atoms with Crippen LogP contribution in [0.15, 0.2) is 41.1 Å². The molecule has 1 saturated heterocycles. The fraction of sp³-hybridized carbons (Fsp3) is 0.273. The van der Waals surface area contributed by atoms with E-state index in [-0.39, 0.29) is 5.91 Å². The van der Waals surface area contributed by atoms with Gasteiger partial charge in [-0.05, 0) is 38.1 Å². The Morgan fingerprint density at radius 2 is 2.00 bits per heavy atom. The number of furan rings is 1.